The highest BCUT2D eigenvalue weighted by atomic mass is 16.5. The van der Waals surface area contributed by atoms with E-state index in [9.17, 15) is 0 Å². The maximum absolute atomic E-state index is 5.95. The van der Waals surface area contributed by atoms with Gasteiger partial charge < -0.3 is 15.8 Å². The Morgan fingerprint density at radius 3 is 2.57 bits per heavy atom. The Hall–Kier alpha value is -2.75. The lowest BCUT2D eigenvalue weighted by Gasteiger charge is -2.12. The molecule has 3 rings (SSSR count). The van der Waals surface area contributed by atoms with E-state index < -0.39 is 0 Å². The fourth-order valence-electron chi connectivity index (χ4n) is 2.31. The van der Waals surface area contributed by atoms with Crippen LogP contribution in [0, 0.1) is 6.92 Å². The van der Waals surface area contributed by atoms with Gasteiger partial charge in [-0.3, -0.25) is 4.98 Å². The van der Waals surface area contributed by atoms with Crippen molar-refractivity contribution in [2.24, 2.45) is 0 Å². The number of nitrogens with zero attached hydrogens (tertiary/aromatic N) is 1. The molecular formula is C17H17N3O. The SMILES string of the molecule is CNc1c(N)cnc2c(Oc3ccc(C)cc3)cccc12. The largest absolute Gasteiger partial charge is 0.455 e. The van der Waals surface area contributed by atoms with E-state index in [1.165, 1.54) is 5.56 Å². The van der Waals surface area contributed by atoms with Crippen LogP contribution in [0.2, 0.25) is 0 Å². The van der Waals surface area contributed by atoms with Crippen molar-refractivity contribution in [1.29, 1.82) is 0 Å². The molecule has 0 radical (unpaired) electrons. The quantitative estimate of drug-likeness (QED) is 0.762. The lowest BCUT2D eigenvalue weighted by Crippen LogP contribution is -1.99. The van der Waals surface area contributed by atoms with Crippen LogP contribution in [0.25, 0.3) is 10.9 Å². The third kappa shape index (κ3) is 2.48. The highest BCUT2D eigenvalue weighted by Crippen LogP contribution is 2.34. The van der Waals surface area contributed by atoms with E-state index in [4.69, 9.17) is 10.5 Å². The minimum Gasteiger partial charge on any atom is -0.455 e. The minimum atomic E-state index is 0.623. The molecule has 4 heteroatoms. The van der Waals surface area contributed by atoms with Gasteiger partial charge in [0.2, 0.25) is 0 Å². The average Bonchev–Trinajstić information content (AvgIpc) is 2.49. The van der Waals surface area contributed by atoms with Gasteiger partial charge in [0, 0.05) is 12.4 Å². The van der Waals surface area contributed by atoms with Gasteiger partial charge in [0.15, 0.2) is 5.75 Å². The second-order valence-electron chi connectivity index (χ2n) is 4.91. The number of nitrogen functional groups attached to an aromatic ring is 1. The fraction of sp³-hybridized carbons (Fsp3) is 0.118. The van der Waals surface area contributed by atoms with E-state index in [2.05, 4.69) is 10.3 Å². The lowest BCUT2D eigenvalue weighted by atomic mass is 10.1. The number of anilines is 2. The fourth-order valence-corrected chi connectivity index (χ4v) is 2.31. The highest BCUT2D eigenvalue weighted by molar-refractivity contribution is 5.99. The Morgan fingerprint density at radius 2 is 1.86 bits per heavy atom. The summed E-state index contributed by atoms with van der Waals surface area (Å²) in [5.41, 5.74) is 9.43. The Bertz CT molecular complexity index is 782. The second-order valence-corrected chi connectivity index (χ2v) is 4.91. The second kappa shape index (κ2) is 5.32. The Morgan fingerprint density at radius 1 is 1.10 bits per heavy atom. The number of aromatic nitrogens is 1. The van der Waals surface area contributed by atoms with Crippen molar-refractivity contribution in [1.82, 2.24) is 4.98 Å². The van der Waals surface area contributed by atoms with Gasteiger partial charge in [-0.1, -0.05) is 29.8 Å². The number of nitrogens with two attached hydrogens (primary N) is 1. The summed E-state index contributed by atoms with van der Waals surface area (Å²) in [7, 11) is 1.85. The molecule has 0 aliphatic rings. The van der Waals surface area contributed by atoms with Crippen LogP contribution >= 0.6 is 0 Å². The highest BCUT2D eigenvalue weighted by Gasteiger charge is 2.10. The first kappa shape index (κ1) is 13.2. The van der Waals surface area contributed by atoms with Gasteiger partial charge in [-0.15, -0.1) is 0 Å². The van der Waals surface area contributed by atoms with Crippen molar-refractivity contribution < 1.29 is 4.74 Å². The summed E-state index contributed by atoms with van der Waals surface area (Å²) in [4.78, 5) is 4.41. The minimum absolute atomic E-state index is 0.623. The van der Waals surface area contributed by atoms with E-state index in [1.807, 2.05) is 56.4 Å². The van der Waals surface area contributed by atoms with Crippen molar-refractivity contribution in [3.05, 3.63) is 54.2 Å². The van der Waals surface area contributed by atoms with Crippen molar-refractivity contribution >= 4 is 22.3 Å². The van der Waals surface area contributed by atoms with Gasteiger partial charge in [0.1, 0.15) is 11.3 Å². The number of para-hydroxylation sites is 1. The third-order valence-electron chi connectivity index (χ3n) is 3.39. The summed E-state index contributed by atoms with van der Waals surface area (Å²) in [6.07, 6.45) is 1.65. The third-order valence-corrected chi connectivity index (χ3v) is 3.39. The number of benzene rings is 2. The molecule has 106 valence electrons. The molecule has 0 amide bonds. The van der Waals surface area contributed by atoms with Gasteiger partial charge in [-0.05, 0) is 25.1 Å². The molecule has 0 fully saturated rings. The molecule has 0 aliphatic heterocycles. The van der Waals surface area contributed by atoms with Crippen LogP contribution in [0.5, 0.6) is 11.5 Å². The smallest absolute Gasteiger partial charge is 0.153 e. The molecule has 4 nitrogen and oxygen atoms in total. The van der Waals surface area contributed by atoms with Crippen LogP contribution in [0.15, 0.2) is 48.7 Å². The monoisotopic (exact) mass is 279 g/mol. The van der Waals surface area contributed by atoms with Crippen LogP contribution in [0.4, 0.5) is 11.4 Å². The summed E-state index contributed by atoms with van der Waals surface area (Å²) in [6, 6.07) is 13.8. The first-order valence-electron chi connectivity index (χ1n) is 6.78. The molecule has 1 heterocycles. The maximum atomic E-state index is 5.95. The molecule has 0 bridgehead atoms. The summed E-state index contributed by atoms with van der Waals surface area (Å²) < 4.78 is 5.95. The number of nitrogens with one attached hydrogen (secondary N) is 1. The summed E-state index contributed by atoms with van der Waals surface area (Å²) in [6.45, 7) is 2.05. The average molecular weight is 279 g/mol. The van der Waals surface area contributed by atoms with Gasteiger partial charge in [0.25, 0.3) is 0 Å². The Labute approximate surface area is 123 Å². The zero-order valence-corrected chi connectivity index (χ0v) is 12.1. The van der Waals surface area contributed by atoms with Gasteiger partial charge in [-0.25, -0.2) is 0 Å². The number of ether oxygens (including phenoxy) is 1. The number of pyridine rings is 1. The summed E-state index contributed by atoms with van der Waals surface area (Å²) in [5, 5.41) is 4.06. The molecule has 3 aromatic rings. The zero-order valence-electron chi connectivity index (χ0n) is 12.1. The van der Waals surface area contributed by atoms with Crippen LogP contribution in [-0.2, 0) is 0 Å². The van der Waals surface area contributed by atoms with E-state index >= 15 is 0 Å². The molecule has 0 unspecified atom stereocenters. The van der Waals surface area contributed by atoms with Gasteiger partial charge >= 0.3 is 0 Å². The van der Waals surface area contributed by atoms with Crippen LogP contribution in [-0.4, -0.2) is 12.0 Å². The molecule has 0 aliphatic carbocycles. The van der Waals surface area contributed by atoms with E-state index in [1.54, 1.807) is 6.20 Å². The van der Waals surface area contributed by atoms with E-state index in [-0.39, 0.29) is 0 Å². The molecule has 1 aromatic heterocycles. The first-order valence-corrected chi connectivity index (χ1v) is 6.78. The summed E-state index contributed by atoms with van der Waals surface area (Å²) >= 11 is 0. The van der Waals surface area contributed by atoms with Gasteiger partial charge in [0.05, 0.1) is 17.6 Å². The van der Waals surface area contributed by atoms with E-state index in [0.29, 0.717) is 11.4 Å². The van der Waals surface area contributed by atoms with Crippen molar-refractivity contribution in [3.8, 4) is 11.5 Å². The number of rotatable bonds is 3. The lowest BCUT2D eigenvalue weighted by molar-refractivity contribution is 0.487. The number of hydrogen-bond donors (Lipinski definition) is 2. The number of hydrogen-bond acceptors (Lipinski definition) is 4. The molecule has 0 saturated heterocycles. The van der Waals surface area contributed by atoms with Crippen molar-refractivity contribution in [2.45, 2.75) is 6.92 Å². The predicted octanol–water partition coefficient (Wildman–Crippen LogP) is 3.96. The normalized spacial score (nSPS) is 10.6. The zero-order chi connectivity index (χ0) is 14.8. The Kier molecular flexibility index (Phi) is 3.36. The molecule has 0 atom stereocenters. The predicted molar refractivity (Wildman–Crippen MR) is 87.0 cm³/mol. The number of aryl methyl sites for hydroxylation is 1. The van der Waals surface area contributed by atoms with Gasteiger partial charge in [-0.2, -0.15) is 0 Å². The van der Waals surface area contributed by atoms with Crippen LogP contribution < -0.4 is 15.8 Å². The molecule has 0 saturated carbocycles. The summed E-state index contributed by atoms with van der Waals surface area (Å²) in [5.74, 6) is 1.51. The molecule has 21 heavy (non-hydrogen) atoms. The van der Waals surface area contributed by atoms with Crippen LogP contribution in [0.1, 0.15) is 5.56 Å². The standard InChI is InChI=1S/C17H17N3O/c1-11-6-8-12(9-7-11)21-15-5-3-4-13-16(19-2)14(18)10-20-17(13)15/h3-10H,18H2,1-2H3,(H,19,20). The van der Waals surface area contributed by atoms with E-state index in [0.717, 1.165) is 22.3 Å². The van der Waals surface area contributed by atoms with Crippen molar-refractivity contribution in [3.63, 3.8) is 0 Å². The number of fused-ring (bicyclic) bond motifs is 1. The molecule has 0 spiro atoms. The maximum Gasteiger partial charge on any atom is 0.153 e. The Balaban J connectivity index is 2.09. The first-order chi connectivity index (χ1) is 10.2. The van der Waals surface area contributed by atoms with Crippen LogP contribution in [0.3, 0.4) is 0 Å². The molecule has 2 aromatic carbocycles. The molecule has 3 N–H and O–H groups in total. The van der Waals surface area contributed by atoms with Crippen molar-refractivity contribution in [2.75, 3.05) is 18.1 Å². The molecular weight excluding hydrogens is 262 g/mol. The topological polar surface area (TPSA) is 60.2 Å².